The first kappa shape index (κ1) is 9.52. The summed E-state index contributed by atoms with van der Waals surface area (Å²) >= 11 is 0. The monoisotopic (exact) mass is 170 g/mol. The molecule has 0 atom stereocenters. The molecular weight excluding hydrogens is 152 g/mol. The zero-order valence-electron chi connectivity index (χ0n) is 7.75. The number of nitrogens with zero attached hydrogens (tertiary/aromatic N) is 1. The third kappa shape index (κ3) is 2.81. The Balaban J connectivity index is 2.30. The Bertz CT molecular complexity index is 155. The smallest absolute Gasteiger partial charge is 0.236 e. The average Bonchev–Trinajstić information content (AvgIpc) is 2.86. The summed E-state index contributed by atoms with van der Waals surface area (Å²) in [6.07, 6.45) is 3.61. The molecule has 0 spiro atoms. The summed E-state index contributed by atoms with van der Waals surface area (Å²) in [6, 6.07) is 0. The van der Waals surface area contributed by atoms with Crippen molar-refractivity contribution in [2.24, 2.45) is 11.7 Å². The van der Waals surface area contributed by atoms with Crippen molar-refractivity contribution in [2.75, 3.05) is 19.6 Å². The highest BCUT2D eigenvalue weighted by Crippen LogP contribution is 2.29. The molecule has 0 aromatic heterocycles. The minimum absolute atomic E-state index is 0.101. The van der Waals surface area contributed by atoms with Crippen LogP contribution in [0, 0.1) is 5.92 Å². The Morgan fingerprint density at radius 3 is 2.67 bits per heavy atom. The third-order valence-corrected chi connectivity index (χ3v) is 2.20. The maximum Gasteiger partial charge on any atom is 0.236 e. The van der Waals surface area contributed by atoms with Crippen LogP contribution in [-0.4, -0.2) is 30.4 Å². The van der Waals surface area contributed by atoms with Gasteiger partial charge < -0.3 is 10.6 Å². The van der Waals surface area contributed by atoms with Gasteiger partial charge in [0.05, 0.1) is 6.54 Å². The number of hydrogen-bond donors (Lipinski definition) is 1. The average molecular weight is 170 g/mol. The van der Waals surface area contributed by atoms with E-state index in [-0.39, 0.29) is 12.5 Å². The lowest BCUT2D eigenvalue weighted by molar-refractivity contribution is -0.129. The molecule has 1 rings (SSSR count). The second kappa shape index (κ2) is 4.45. The molecule has 1 aliphatic rings. The maximum absolute atomic E-state index is 11.3. The molecule has 70 valence electrons. The van der Waals surface area contributed by atoms with Crippen molar-refractivity contribution in [1.29, 1.82) is 0 Å². The second-order valence-electron chi connectivity index (χ2n) is 3.49. The Kier molecular flexibility index (Phi) is 3.53. The first-order valence-electron chi connectivity index (χ1n) is 4.75. The Morgan fingerprint density at radius 1 is 1.58 bits per heavy atom. The molecule has 1 saturated carbocycles. The van der Waals surface area contributed by atoms with Crippen LogP contribution < -0.4 is 5.73 Å². The molecule has 2 N–H and O–H groups in total. The van der Waals surface area contributed by atoms with E-state index in [0.717, 1.165) is 25.4 Å². The molecule has 3 heteroatoms. The lowest BCUT2D eigenvalue weighted by Crippen LogP contribution is -2.37. The predicted molar refractivity (Wildman–Crippen MR) is 48.6 cm³/mol. The van der Waals surface area contributed by atoms with Crippen molar-refractivity contribution in [1.82, 2.24) is 4.90 Å². The summed E-state index contributed by atoms with van der Waals surface area (Å²) in [5.41, 5.74) is 5.31. The topological polar surface area (TPSA) is 46.3 Å². The molecule has 0 aromatic carbocycles. The Morgan fingerprint density at radius 2 is 2.25 bits per heavy atom. The fourth-order valence-electron chi connectivity index (χ4n) is 1.33. The number of hydrogen-bond acceptors (Lipinski definition) is 2. The molecule has 1 aliphatic carbocycles. The van der Waals surface area contributed by atoms with Crippen LogP contribution in [0.2, 0.25) is 0 Å². The summed E-state index contributed by atoms with van der Waals surface area (Å²) in [6.45, 7) is 4.05. The summed E-state index contributed by atoms with van der Waals surface area (Å²) in [5.74, 6) is 0.871. The predicted octanol–water partition coefficient (Wildman–Crippen LogP) is 0.594. The number of amides is 1. The van der Waals surface area contributed by atoms with Crippen molar-refractivity contribution < 1.29 is 4.79 Å². The van der Waals surface area contributed by atoms with Gasteiger partial charge in [-0.15, -0.1) is 0 Å². The first-order valence-corrected chi connectivity index (χ1v) is 4.75. The molecule has 12 heavy (non-hydrogen) atoms. The van der Waals surface area contributed by atoms with Gasteiger partial charge in [0.15, 0.2) is 0 Å². The third-order valence-electron chi connectivity index (χ3n) is 2.20. The number of nitrogens with two attached hydrogens (primary N) is 1. The summed E-state index contributed by atoms with van der Waals surface area (Å²) in [4.78, 5) is 13.2. The van der Waals surface area contributed by atoms with Crippen molar-refractivity contribution in [3.05, 3.63) is 0 Å². The number of carbonyl (C=O) groups is 1. The number of rotatable bonds is 5. The highest BCUT2D eigenvalue weighted by atomic mass is 16.2. The van der Waals surface area contributed by atoms with Crippen molar-refractivity contribution in [2.45, 2.75) is 26.2 Å². The molecule has 1 amide bonds. The summed E-state index contributed by atoms with van der Waals surface area (Å²) < 4.78 is 0. The highest BCUT2D eigenvalue weighted by molar-refractivity contribution is 5.78. The molecule has 0 heterocycles. The van der Waals surface area contributed by atoms with E-state index in [2.05, 4.69) is 6.92 Å². The van der Waals surface area contributed by atoms with Gasteiger partial charge in [-0.3, -0.25) is 4.79 Å². The number of carbonyl (C=O) groups excluding carboxylic acids is 1. The summed E-state index contributed by atoms with van der Waals surface area (Å²) in [5, 5.41) is 0. The molecule has 0 radical (unpaired) electrons. The minimum atomic E-state index is 0.101. The quantitative estimate of drug-likeness (QED) is 0.656. The Hall–Kier alpha value is -0.570. The van der Waals surface area contributed by atoms with Gasteiger partial charge >= 0.3 is 0 Å². The zero-order chi connectivity index (χ0) is 8.97. The van der Waals surface area contributed by atoms with E-state index < -0.39 is 0 Å². The maximum atomic E-state index is 11.3. The van der Waals surface area contributed by atoms with Gasteiger partial charge in [0.2, 0.25) is 5.91 Å². The van der Waals surface area contributed by atoms with Gasteiger partial charge in [0.1, 0.15) is 0 Å². The van der Waals surface area contributed by atoms with Crippen LogP contribution in [0.1, 0.15) is 26.2 Å². The van der Waals surface area contributed by atoms with Crippen LogP contribution >= 0.6 is 0 Å². The van der Waals surface area contributed by atoms with E-state index in [1.807, 2.05) is 4.90 Å². The Labute approximate surface area is 73.9 Å². The van der Waals surface area contributed by atoms with Gasteiger partial charge in [-0.25, -0.2) is 0 Å². The SMILES string of the molecule is CCCN(CC1CC1)C(=O)CN. The summed E-state index contributed by atoms with van der Waals surface area (Å²) in [7, 11) is 0. The van der Waals surface area contributed by atoms with Crippen LogP contribution in [0.3, 0.4) is 0 Å². The van der Waals surface area contributed by atoms with E-state index in [1.165, 1.54) is 12.8 Å². The van der Waals surface area contributed by atoms with Crippen LogP contribution in [0.4, 0.5) is 0 Å². The minimum Gasteiger partial charge on any atom is -0.341 e. The largest absolute Gasteiger partial charge is 0.341 e. The first-order chi connectivity index (χ1) is 5.77. The van der Waals surface area contributed by atoms with Gasteiger partial charge in [-0.1, -0.05) is 6.92 Å². The second-order valence-corrected chi connectivity index (χ2v) is 3.49. The lowest BCUT2D eigenvalue weighted by atomic mass is 10.3. The zero-order valence-corrected chi connectivity index (χ0v) is 7.75. The molecule has 0 saturated heterocycles. The van der Waals surface area contributed by atoms with Crippen molar-refractivity contribution in [3.63, 3.8) is 0 Å². The van der Waals surface area contributed by atoms with E-state index in [4.69, 9.17) is 5.73 Å². The molecule has 3 nitrogen and oxygen atoms in total. The standard InChI is InChI=1S/C9H18N2O/c1-2-5-11(9(12)6-10)7-8-3-4-8/h8H,2-7,10H2,1H3. The molecule has 0 aliphatic heterocycles. The molecule has 0 unspecified atom stereocenters. The normalized spacial score (nSPS) is 16.2. The highest BCUT2D eigenvalue weighted by Gasteiger charge is 2.25. The van der Waals surface area contributed by atoms with Gasteiger partial charge in [-0.05, 0) is 25.2 Å². The van der Waals surface area contributed by atoms with Crippen LogP contribution in [0.5, 0.6) is 0 Å². The van der Waals surface area contributed by atoms with Crippen LogP contribution in [-0.2, 0) is 4.79 Å². The van der Waals surface area contributed by atoms with E-state index in [9.17, 15) is 4.79 Å². The van der Waals surface area contributed by atoms with Crippen LogP contribution in [0.15, 0.2) is 0 Å². The fourth-order valence-corrected chi connectivity index (χ4v) is 1.33. The van der Waals surface area contributed by atoms with Crippen molar-refractivity contribution in [3.8, 4) is 0 Å². The van der Waals surface area contributed by atoms with Gasteiger partial charge in [-0.2, -0.15) is 0 Å². The molecule has 0 bridgehead atoms. The van der Waals surface area contributed by atoms with Gasteiger partial charge in [0.25, 0.3) is 0 Å². The van der Waals surface area contributed by atoms with Crippen LogP contribution in [0.25, 0.3) is 0 Å². The molecular formula is C9H18N2O. The lowest BCUT2D eigenvalue weighted by Gasteiger charge is -2.20. The van der Waals surface area contributed by atoms with Gasteiger partial charge in [0, 0.05) is 13.1 Å². The van der Waals surface area contributed by atoms with E-state index in [1.54, 1.807) is 0 Å². The molecule has 1 fully saturated rings. The van der Waals surface area contributed by atoms with E-state index >= 15 is 0 Å². The van der Waals surface area contributed by atoms with Crippen molar-refractivity contribution >= 4 is 5.91 Å². The molecule has 0 aromatic rings. The fraction of sp³-hybridized carbons (Fsp3) is 0.889. The van der Waals surface area contributed by atoms with E-state index in [0.29, 0.717) is 0 Å².